The lowest BCUT2D eigenvalue weighted by atomic mass is 9.97. The first-order valence-electron chi connectivity index (χ1n) is 9.39. The number of benzene rings is 2. The Morgan fingerprint density at radius 1 is 1.23 bits per heavy atom. The van der Waals surface area contributed by atoms with Crippen molar-refractivity contribution in [1.29, 1.82) is 0 Å². The third-order valence-corrected chi connectivity index (χ3v) is 5.39. The number of alkyl halides is 3. The van der Waals surface area contributed by atoms with Crippen LogP contribution in [0.1, 0.15) is 34.6 Å². The normalized spacial score (nSPS) is 18.1. The highest BCUT2D eigenvalue weighted by Crippen LogP contribution is 2.43. The van der Waals surface area contributed by atoms with Gasteiger partial charge in [0.2, 0.25) is 0 Å². The van der Waals surface area contributed by atoms with Crippen LogP contribution in [0.15, 0.2) is 54.6 Å². The van der Waals surface area contributed by atoms with E-state index in [-0.39, 0.29) is 17.9 Å². The number of carbonyl (C=O) groups is 1. The molecule has 4 rings (SSSR count). The number of anilines is 2. The molecular formula is C21H18ClF3N4O2. The maximum Gasteiger partial charge on any atom is 0.410 e. The van der Waals surface area contributed by atoms with Crippen LogP contribution in [-0.2, 0) is 0 Å². The van der Waals surface area contributed by atoms with Gasteiger partial charge >= 0.3 is 6.18 Å². The monoisotopic (exact) mass is 450 g/mol. The number of hydrogen-bond acceptors (Lipinski definition) is 4. The molecule has 2 N–H and O–H groups in total. The highest BCUT2D eigenvalue weighted by Gasteiger charge is 2.46. The van der Waals surface area contributed by atoms with Gasteiger partial charge in [-0.15, -0.1) is 0 Å². The van der Waals surface area contributed by atoms with Crippen LogP contribution < -0.4 is 15.4 Å². The number of nitrogens with zero attached hydrogens (tertiary/aromatic N) is 2. The van der Waals surface area contributed by atoms with Gasteiger partial charge in [-0.25, -0.2) is 4.68 Å². The number of halogens is 4. The zero-order valence-electron chi connectivity index (χ0n) is 16.3. The number of para-hydroxylation sites is 1. The van der Waals surface area contributed by atoms with Crippen molar-refractivity contribution in [3.63, 3.8) is 0 Å². The predicted molar refractivity (Wildman–Crippen MR) is 111 cm³/mol. The van der Waals surface area contributed by atoms with Crippen LogP contribution in [0.25, 0.3) is 0 Å². The van der Waals surface area contributed by atoms with Gasteiger partial charge < -0.3 is 15.4 Å². The van der Waals surface area contributed by atoms with Gasteiger partial charge in [-0.1, -0.05) is 35.9 Å². The molecule has 2 atom stereocenters. The Kier molecular flexibility index (Phi) is 5.53. The van der Waals surface area contributed by atoms with Gasteiger partial charge in [-0.05, 0) is 29.8 Å². The summed E-state index contributed by atoms with van der Waals surface area (Å²) in [6.45, 7) is 0. The van der Waals surface area contributed by atoms with Crippen LogP contribution in [0.3, 0.4) is 0 Å². The predicted octanol–water partition coefficient (Wildman–Crippen LogP) is 5.46. The minimum atomic E-state index is -4.54. The summed E-state index contributed by atoms with van der Waals surface area (Å²) in [4.78, 5) is 12.6. The number of hydrogen-bond donors (Lipinski definition) is 2. The van der Waals surface area contributed by atoms with Crippen molar-refractivity contribution < 1.29 is 22.7 Å². The van der Waals surface area contributed by atoms with Gasteiger partial charge in [-0.2, -0.15) is 18.3 Å². The average Bonchev–Trinajstić information content (AvgIpc) is 3.18. The number of ether oxygens (including phenoxy) is 1. The molecule has 0 saturated heterocycles. The lowest BCUT2D eigenvalue weighted by Crippen LogP contribution is -2.35. The number of carbonyl (C=O) groups excluding carboxylic acids is 1. The van der Waals surface area contributed by atoms with E-state index in [0.717, 1.165) is 4.68 Å². The number of methoxy groups -OCH3 is 1. The van der Waals surface area contributed by atoms with Crippen LogP contribution in [0, 0.1) is 0 Å². The van der Waals surface area contributed by atoms with Gasteiger partial charge in [-0.3, -0.25) is 4.79 Å². The first-order valence-corrected chi connectivity index (χ1v) is 9.76. The van der Waals surface area contributed by atoms with Crippen molar-refractivity contribution in [3.8, 4) is 5.75 Å². The minimum Gasteiger partial charge on any atom is -0.497 e. The molecule has 3 aromatic rings. The van der Waals surface area contributed by atoms with Crippen molar-refractivity contribution in [2.45, 2.75) is 24.7 Å². The van der Waals surface area contributed by atoms with Gasteiger partial charge in [0.25, 0.3) is 5.91 Å². The summed E-state index contributed by atoms with van der Waals surface area (Å²) in [7, 11) is 1.52. The number of amides is 1. The van der Waals surface area contributed by atoms with Crippen LogP contribution in [0.4, 0.5) is 24.7 Å². The zero-order chi connectivity index (χ0) is 22.2. The molecule has 0 unspecified atom stereocenters. The maximum absolute atomic E-state index is 13.8. The van der Waals surface area contributed by atoms with E-state index in [1.54, 1.807) is 48.5 Å². The lowest BCUT2D eigenvalue weighted by molar-refractivity contribution is -0.173. The molecule has 0 aliphatic carbocycles. The SMILES string of the molecule is COc1ccc([C@H]2C[C@@H](C(F)(F)F)n3nc(C(=O)Nc4ccccc4Cl)cc3N2)cc1. The molecule has 2 heterocycles. The molecule has 162 valence electrons. The quantitative estimate of drug-likeness (QED) is 0.554. The third kappa shape index (κ3) is 4.32. The van der Waals surface area contributed by atoms with Crippen molar-refractivity contribution in [2.24, 2.45) is 0 Å². The molecule has 2 aromatic carbocycles. The molecule has 0 fully saturated rings. The van der Waals surface area contributed by atoms with Gasteiger partial charge in [0, 0.05) is 12.5 Å². The highest BCUT2D eigenvalue weighted by molar-refractivity contribution is 6.33. The first kappa shape index (κ1) is 21.0. The van der Waals surface area contributed by atoms with Crippen molar-refractivity contribution >= 4 is 29.0 Å². The molecule has 1 amide bonds. The van der Waals surface area contributed by atoms with Crippen molar-refractivity contribution in [2.75, 3.05) is 17.7 Å². The largest absolute Gasteiger partial charge is 0.497 e. The average molecular weight is 451 g/mol. The van der Waals surface area contributed by atoms with Crippen molar-refractivity contribution in [1.82, 2.24) is 9.78 Å². The topological polar surface area (TPSA) is 68.2 Å². The zero-order valence-corrected chi connectivity index (χ0v) is 17.0. The molecule has 1 aromatic heterocycles. The lowest BCUT2D eigenvalue weighted by Gasteiger charge is -2.33. The number of fused-ring (bicyclic) bond motifs is 1. The van der Waals surface area contributed by atoms with E-state index in [4.69, 9.17) is 16.3 Å². The molecule has 10 heteroatoms. The van der Waals surface area contributed by atoms with E-state index >= 15 is 0 Å². The fourth-order valence-electron chi connectivity index (χ4n) is 3.49. The summed E-state index contributed by atoms with van der Waals surface area (Å²) in [5.74, 6) is 0.0629. The summed E-state index contributed by atoms with van der Waals surface area (Å²) in [6, 6.07) is 12.2. The Morgan fingerprint density at radius 2 is 1.94 bits per heavy atom. The molecular weight excluding hydrogens is 433 g/mol. The van der Waals surface area contributed by atoms with Crippen LogP contribution in [-0.4, -0.2) is 29.0 Å². The molecule has 6 nitrogen and oxygen atoms in total. The number of aromatic nitrogens is 2. The van der Waals surface area contributed by atoms with Gasteiger partial charge in [0.1, 0.15) is 11.6 Å². The Balaban J connectivity index is 1.64. The molecule has 0 radical (unpaired) electrons. The van der Waals surface area contributed by atoms with E-state index in [0.29, 0.717) is 22.0 Å². The van der Waals surface area contributed by atoms with Gasteiger partial charge in [0.05, 0.1) is 23.9 Å². The molecule has 0 saturated carbocycles. The van der Waals surface area contributed by atoms with Gasteiger partial charge in [0.15, 0.2) is 11.7 Å². The summed E-state index contributed by atoms with van der Waals surface area (Å²) in [5.41, 5.74) is 0.869. The summed E-state index contributed by atoms with van der Waals surface area (Å²) in [5, 5.41) is 9.88. The van der Waals surface area contributed by atoms with Crippen LogP contribution in [0.2, 0.25) is 5.02 Å². The molecule has 1 aliphatic heterocycles. The Morgan fingerprint density at radius 3 is 2.58 bits per heavy atom. The van der Waals surface area contributed by atoms with Crippen LogP contribution in [0.5, 0.6) is 5.75 Å². The fourth-order valence-corrected chi connectivity index (χ4v) is 3.67. The highest BCUT2D eigenvalue weighted by atomic mass is 35.5. The van der Waals surface area contributed by atoms with E-state index < -0.39 is 24.2 Å². The summed E-state index contributed by atoms with van der Waals surface area (Å²) < 4.78 is 47.4. The Bertz CT molecular complexity index is 1100. The van der Waals surface area contributed by atoms with E-state index in [9.17, 15) is 18.0 Å². The second kappa shape index (κ2) is 8.14. The van der Waals surface area contributed by atoms with Crippen LogP contribution >= 0.6 is 11.6 Å². The Hall–Kier alpha value is -3.20. The smallest absolute Gasteiger partial charge is 0.410 e. The molecule has 1 aliphatic rings. The maximum atomic E-state index is 13.8. The second-order valence-corrected chi connectivity index (χ2v) is 7.46. The number of nitrogens with one attached hydrogen (secondary N) is 2. The second-order valence-electron chi connectivity index (χ2n) is 7.06. The van der Waals surface area contributed by atoms with E-state index in [2.05, 4.69) is 15.7 Å². The molecule has 0 spiro atoms. The van der Waals surface area contributed by atoms with E-state index in [1.165, 1.54) is 13.2 Å². The van der Waals surface area contributed by atoms with Crippen molar-refractivity contribution in [3.05, 3.63) is 70.9 Å². The summed E-state index contributed by atoms with van der Waals surface area (Å²) >= 11 is 6.04. The fraction of sp³-hybridized carbons (Fsp3) is 0.238. The van der Waals surface area contributed by atoms with E-state index in [1.807, 2.05) is 0 Å². The molecule has 31 heavy (non-hydrogen) atoms. The molecule has 0 bridgehead atoms. The third-order valence-electron chi connectivity index (χ3n) is 5.06. The first-order chi connectivity index (χ1) is 14.8. The standard InChI is InChI=1S/C21H18ClF3N4O2/c1-31-13-8-6-12(7-9-13)16-10-18(21(23,24)25)29-19(26-16)11-17(28-29)20(30)27-15-5-3-2-4-14(15)22/h2-9,11,16,18,26H,10H2,1H3,(H,27,30)/t16-,18+/m1/s1. The number of rotatable bonds is 4. The summed E-state index contributed by atoms with van der Waals surface area (Å²) in [6.07, 6.45) is -4.81. The minimum absolute atomic E-state index is 0.110. The Labute approximate surface area is 181 Å².